The fraction of sp³-hybridized carbons (Fsp3) is 0.158. The number of halogens is 2. The maximum absolute atomic E-state index is 13.1. The minimum atomic E-state index is -0.538. The zero-order valence-corrected chi connectivity index (χ0v) is 14.8. The SMILES string of the molecule is Cc1cc(NC(=O)COc2ccc(F)c(Cl)c2)n(Cc2ccccc2)n1. The number of benzene rings is 2. The third-order valence-corrected chi connectivity index (χ3v) is 3.90. The Hall–Kier alpha value is -2.86. The molecule has 1 aromatic heterocycles. The van der Waals surface area contributed by atoms with E-state index in [9.17, 15) is 9.18 Å². The van der Waals surface area contributed by atoms with Gasteiger partial charge in [-0.25, -0.2) is 9.07 Å². The minimum absolute atomic E-state index is 0.0560. The molecule has 0 bridgehead atoms. The first-order chi connectivity index (χ1) is 12.5. The van der Waals surface area contributed by atoms with Crippen LogP contribution in [0.1, 0.15) is 11.3 Å². The number of anilines is 1. The van der Waals surface area contributed by atoms with Gasteiger partial charge in [-0.2, -0.15) is 5.10 Å². The van der Waals surface area contributed by atoms with Gasteiger partial charge in [0.25, 0.3) is 5.91 Å². The van der Waals surface area contributed by atoms with E-state index in [0.29, 0.717) is 18.1 Å². The summed E-state index contributed by atoms with van der Waals surface area (Å²) in [7, 11) is 0. The first kappa shape index (κ1) is 17.9. The summed E-state index contributed by atoms with van der Waals surface area (Å²) < 4.78 is 20.2. The first-order valence-electron chi connectivity index (χ1n) is 7.97. The molecule has 3 aromatic rings. The summed E-state index contributed by atoms with van der Waals surface area (Å²) in [5.74, 6) is 0.0148. The summed E-state index contributed by atoms with van der Waals surface area (Å²) >= 11 is 5.69. The van der Waals surface area contributed by atoms with Crippen molar-refractivity contribution in [1.82, 2.24) is 9.78 Å². The van der Waals surface area contributed by atoms with Crippen LogP contribution in [0.2, 0.25) is 5.02 Å². The van der Waals surface area contributed by atoms with E-state index >= 15 is 0 Å². The zero-order valence-electron chi connectivity index (χ0n) is 14.1. The Morgan fingerprint density at radius 1 is 1.23 bits per heavy atom. The van der Waals surface area contributed by atoms with E-state index in [2.05, 4.69) is 10.4 Å². The number of carbonyl (C=O) groups is 1. The Kier molecular flexibility index (Phi) is 5.53. The molecule has 1 heterocycles. The molecule has 3 rings (SSSR count). The van der Waals surface area contributed by atoms with Crippen LogP contribution in [0.4, 0.5) is 10.2 Å². The summed E-state index contributed by atoms with van der Waals surface area (Å²) in [5, 5.41) is 7.12. The first-order valence-corrected chi connectivity index (χ1v) is 8.35. The number of aromatic nitrogens is 2. The lowest BCUT2D eigenvalue weighted by Gasteiger charge is -2.10. The number of carbonyl (C=O) groups excluding carboxylic acids is 1. The predicted molar refractivity (Wildman–Crippen MR) is 98.0 cm³/mol. The van der Waals surface area contributed by atoms with Crippen molar-refractivity contribution in [2.45, 2.75) is 13.5 Å². The smallest absolute Gasteiger partial charge is 0.263 e. The summed E-state index contributed by atoms with van der Waals surface area (Å²) in [6, 6.07) is 15.5. The lowest BCUT2D eigenvalue weighted by atomic mass is 10.2. The van der Waals surface area contributed by atoms with Crippen LogP contribution in [-0.4, -0.2) is 22.3 Å². The van der Waals surface area contributed by atoms with Crippen LogP contribution in [0, 0.1) is 12.7 Å². The number of hydrogen-bond donors (Lipinski definition) is 1. The van der Waals surface area contributed by atoms with Gasteiger partial charge >= 0.3 is 0 Å². The maximum atomic E-state index is 13.1. The monoisotopic (exact) mass is 373 g/mol. The van der Waals surface area contributed by atoms with Gasteiger partial charge < -0.3 is 10.1 Å². The summed E-state index contributed by atoms with van der Waals surface area (Å²) in [5.41, 5.74) is 1.87. The lowest BCUT2D eigenvalue weighted by Crippen LogP contribution is -2.22. The van der Waals surface area contributed by atoms with Crippen LogP contribution in [0.3, 0.4) is 0 Å². The number of nitrogens with zero attached hydrogens (tertiary/aromatic N) is 2. The van der Waals surface area contributed by atoms with Crippen LogP contribution < -0.4 is 10.1 Å². The number of amides is 1. The molecule has 0 spiro atoms. The molecule has 0 unspecified atom stereocenters. The predicted octanol–water partition coefficient (Wildman–Crippen LogP) is 4.05. The molecule has 0 saturated carbocycles. The van der Waals surface area contributed by atoms with E-state index in [0.717, 1.165) is 11.3 Å². The maximum Gasteiger partial charge on any atom is 0.263 e. The third kappa shape index (κ3) is 4.61. The zero-order chi connectivity index (χ0) is 18.5. The molecule has 0 radical (unpaired) electrons. The minimum Gasteiger partial charge on any atom is -0.484 e. The van der Waals surface area contributed by atoms with Gasteiger partial charge in [0, 0.05) is 12.1 Å². The lowest BCUT2D eigenvalue weighted by molar-refractivity contribution is -0.118. The van der Waals surface area contributed by atoms with Crippen molar-refractivity contribution in [1.29, 1.82) is 0 Å². The molecule has 5 nitrogen and oxygen atoms in total. The van der Waals surface area contributed by atoms with Crippen molar-refractivity contribution >= 4 is 23.3 Å². The van der Waals surface area contributed by atoms with Crippen LogP contribution in [0.5, 0.6) is 5.75 Å². The van der Waals surface area contributed by atoms with E-state index < -0.39 is 5.82 Å². The standard InChI is InChI=1S/C19H17ClFN3O2/c1-13-9-18(24(23-13)11-14-5-3-2-4-6-14)22-19(25)12-26-15-7-8-17(21)16(20)10-15/h2-10H,11-12H2,1H3,(H,22,25). The summed E-state index contributed by atoms with van der Waals surface area (Å²) in [4.78, 5) is 12.2. The van der Waals surface area contributed by atoms with Crippen LogP contribution in [0.25, 0.3) is 0 Å². The molecule has 0 saturated heterocycles. The Labute approximate surface area is 155 Å². The second kappa shape index (κ2) is 8.01. The highest BCUT2D eigenvalue weighted by molar-refractivity contribution is 6.30. The third-order valence-electron chi connectivity index (χ3n) is 3.61. The second-order valence-electron chi connectivity index (χ2n) is 5.73. The van der Waals surface area contributed by atoms with E-state index in [1.807, 2.05) is 37.3 Å². The molecule has 0 fully saturated rings. The van der Waals surface area contributed by atoms with Crippen molar-refractivity contribution in [3.8, 4) is 5.75 Å². The molecule has 0 atom stereocenters. The van der Waals surface area contributed by atoms with Gasteiger partial charge in [0.15, 0.2) is 6.61 Å². The number of rotatable bonds is 6. The number of hydrogen-bond acceptors (Lipinski definition) is 3. The molecule has 2 aromatic carbocycles. The average Bonchev–Trinajstić information content (AvgIpc) is 2.96. The van der Waals surface area contributed by atoms with E-state index in [1.165, 1.54) is 18.2 Å². The van der Waals surface area contributed by atoms with Gasteiger partial charge in [0.05, 0.1) is 17.3 Å². The van der Waals surface area contributed by atoms with Crippen molar-refractivity contribution in [3.63, 3.8) is 0 Å². The molecule has 0 aliphatic rings. The molecule has 1 amide bonds. The van der Waals surface area contributed by atoms with Crippen molar-refractivity contribution < 1.29 is 13.9 Å². The van der Waals surface area contributed by atoms with E-state index in [1.54, 1.807) is 10.7 Å². The molecule has 7 heteroatoms. The normalized spacial score (nSPS) is 10.6. The highest BCUT2D eigenvalue weighted by atomic mass is 35.5. The van der Waals surface area contributed by atoms with Gasteiger partial charge in [-0.1, -0.05) is 41.9 Å². The molecule has 1 N–H and O–H groups in total. The van der Waals surface area contributed by atoms with Gasteiger partial charge in [0.1, 0.15) is 17.4 Å². The summed E-state index contributed by atoms with van der Waals surface area (Å²) in [6.45, 7) is 2.17. The number of aryl methyl sites for hydroxylation is 1. The van der Waals surface area contributed by atoms with Crippen molar-refractivity contribution in [3.05, 3.63) is 76.7 Å². The fourth-order valence-electron chi connectivity index (χ4n) is 2.42. The Morgan fingerprint density at radius 2 is 2.00 bits per heavy atom. The van der Waals surface area contributed by atoms with Gasteiger partial charge in [-0.05, 0) is 24.6 Å². The Balaban J connectivity index is 1.63. The number of nitrogens with one attached hydrogen (secondary N) is 1. The van der Waals surface area contributed by atoms with Gasteiger partial charge in [0.2, 0.25) is 0 Å². The van der Waals surface area contributed by atoms with Crippen LogP contribution >= 0.6 is 11.6 Å². The quantitative estimate of drug-likeness (QED) is 0.709. The average molecular weight is 374 g/mol. The molecule has 0 aliphatic heterocycles. The Bertz CT molecular complexity index is 912. The fourth-order valence-corrected chi connectivity index (χ4v) is 2.59. The largest absolute Gasteiger partial charge is 0.484 e. The van der Waals surface area contributed by atoms with E-state index in [-0.39, 0.29) is 17.5 Å². The topological polar surface area (TPSA) is 56.1 Å². The molecular formula is C19H17ClFN3O2. The second-order valence-corrected chi connectivity index (χ2v) is 6.13. The molecule has 26 heavy (non-hydrogen) atoms. The highest BCUT2D eigenvalue weighted by Crippen LogP contribution is 2.21. The highest BCUT2D eigenvalue weighted by Gasteiger charge is 2.11. The number of ether oxygens (including phenoxy) is 1. The van der Waals surface area contributed by atoms with Gasteiger partial charge in [-0.3, -0.25) is 4.79 Å². The summed E-state index contributed by atoms with van der Waals surface area (Å²) in [6.07, 6.45) is 0. The van der Waals surface area contributed by atoms with E-state index in [4.69, 9.17) is 16.3 Å². The molecule has 134 valence electrons. The van der Waals surface area contributed by atoms with Crippen molar-refractivity contribution in [2.24, 2.45) is 0 Å². The van der Waals surface area contributed by atoms with Gasteiger partial charge in [-0.15, -0.1) is 0 Å². The molecule has 0 aliphatic carbocycles. The van der Waals surface area contributed by atoms with Crippen LogP contribution in [-0.2, 0) is 11.3 Å². The van der Waals surface area contributed by atoms with Crippen LogP contribution in [0.15, 0.2) is 54.6 Å². The van der Waals surface area contributed by atoms with Crippen molar-refractivity contribution in [2.75, 3.05) is 11.9 Å². The Morgan fingerprint density at radius 3 is 2.73 bits per heavy atom. The molecular weight excluding hydrogens is 357 g/mol.